The Morgan fingerprint density at radius 3 is 1.81 bits per heavy atom. The van der Waals surface area contributed by atoms with E-state index in [1.54, 1.807) is 14.2 Å². The SMILES string of the molecule is CCCc1cc(OC)c(O)c(-c2cc(CCC)cc(OC)c2OCC)c1. The fourth-order valence-corrected chi connectivity index (χ4v) is 3.20. The molecule has 4 nitrogen and oxygen atoms in total. The predicted octanol–water partition coefficient (Wildman–Crippen LogP) is 5.38. The molecule has 2 aromatic carbocycles. The van der Waals surface area contributed by atoms with E-state index in [9.17, 15) is 5.11 Å². The molecule has 0 spiro atoms. The molecule has 0 aliphatic heterocycles. The predicted molar refractivity (Wildman–Crippen MR) is 106 cm³/mol. The molecular formula is C22H30O4. The van der Waals surface area contributed by atoms with Gasteiger partial charge in [0.2, 0.25) is 0 Å². The van der Waals surface area contributed by atoms with E-state index in [-0.39, 0.29) is 5.75 Å². The largest absolute Gasteiger partial charge is 0.504 e. The molecule has 4 heteroatoms. The second-order valence-electron chi connectivity index (χ2n) is 6.30. The molecule has 1 N–H and O–H groups in total. The monoisotopic (exact) mass is 358 g/mol. The van der Waals surface area contributed by atoms with Crippen LogP contribution in [0.3, 0.4) is 0 Å². The average molecular weight is 358 g/mol. The molecule has 0 unspecified atom stereocenters. The molecule has 0 saturated heterocycles. The van der Waals surface area contributed by atoms with Gasteiger partial charge >= 0.3 is 0 Å². The van der Waals surface area contributed by atoms with Crippen LogP contribution in [0.2, 0.25) is 0 Å². The molecule has 26 heavy (non-hydrogen) atoms. The van der Waals surface area contributed by atoms with Crippen LogP contribution < -0.4 is 14.2 Å². The Kier molecular flexibility index (Phi) is 7.19. The molecule has 0 saturated carbocycles. The second kappa shape index (κ2) is 9.37. The standard InChI is InChI=1S/C22H30O4/c1-6-9-15-11-17(21(23)19(13-15)24-4)18-12-16(10-7-2)14-20(25-5)22(18)26-8-3/h11-14,23H,6-10H2,1-5H3. The van der Waals surface area contributed by atoms with E-state index < -0.39 is 0 Å². The van der Waals surface area contributed by atoms with Crippen LogP contribution in [0.5, 0.6) is 23.0 Å². The summed E-state index contributed by atoms with van der Waals surface area (Å²) >= 11 is 0. The summed E-state index contributed by atoms with van der Waals surface area (Å²) in [6, 6.07) is 8.02. The van der Waals surface area contributed by atoms with E-state index in [2.05, 4.69) is 19.9 Å². The average Bonchev–Trinajstić information content (AvgIpc) is 2.64. The number of aromatic hydroxyl groups is 1. The van der Waals surface area contributed by atoms with E-state index >= 15 is 0 Å². The van der Waals surface area contributed by atoms with Gasteiger partial charge in [0.1, 0.15) is 0 Å². The zero-order chi connectivity index (χ0) is 19.1. The van der Waals surface area contributed by atoms with Gasteiger partial charge in [0.25, 0.3) is 0 Å². The van der Waals surface area contributed by atoms with Crippen LogP contribution in [0.15, 0.2) is 24.3 Å². The molecule has 0 bridgehead atoms. The van der Waals surface area contributed by atoms with Crippen LogP contribution in [-0.4, -0.2) is 25.9 Å². The second-order valence-corrected chi connectivity index (χ2v) is 6.30. The topological polar surface area (TPSA) is 47.9 Å². The van der Waals surface area contributed by atoms with Crippen molar-refractivity contribution in [3.8, 4) is 34.1 Å². The highest BCUT2D eigenvalue weighted by molar-refractivity contribution is 5.81. The number of methoxy groups -OCH3 is 2. The lowest BCUT2D eigenvalue weighted by Gasteiger charge is -2.19. The number of hydrogen-bond donors (Lipinski definition) is 1. The minimum atomic E-state index is 0.129. The van der Waals surface area contributed by atoms with Gasteiger partial charge in [-0.1, -0.05) is 26.7 Å². The van der Waals surface area contributed by atoms with Crippen molar-refractivity contribution < 1.29 is 19.3 Å². The fourth-order valence-electron chi connectivity index (χ4n) is 3.20. The first-order valence-electron chi connectivity index (χ1n) is 9.33. The minimum absolute atomic E-state index is 0.129. The first-order chi connectivity index (χ1) is 12.6. The van der Waals surface area contributed by atoms with Crippen molar-refractivity contribution in [1.29, 1.82) is 0 Å². The molecule has 2 aromatic rings. The first kappa shape index (κ1) is 20.0. The van der Waals surface area contributed by atoms with Gasteiger partial charge in [0, 0.05) is 11.1 Å². The molecule has 0 aliphatic carbocycles. The molecule has 2 rings (SSSR count). The van der Waals surface area contributed by atoms with Crippen LogP contribution in [-0.2, 0) is 12.8 Å². The molecule has 0 aliphatic rings. The van der Waals surface area contributed by atoms with Gasteiger partial charge in [-0.25, -0.2) is 0 Å². The summed E-state index contributed by atoms with van der Waals surface area (Å²) in [5, 5.41) is 10.8. The van der Waals surface area contributed by atoms with E-state index in [1.165, 1.54) is 0 Å². The summed E-state index contributed by atoms with van der Waals surface area (Å²) in [6.07, 6.45) is 3.90. The summed E-state index contributed by atoms with van der Waals surface area (Å²) in [7, 11) is 3.22. The van der Waals surface area contributed by atoms with Crippen LogP contribution >= 0.6 is 0 Å². The lowest BCUT2D eigenvalue weighted by atomic mass is 9.95. The normalized spacial score (nSPS) is 10.7. The molecule has 0 radical (unpaired) electrons. The number of rotatable bonds is 9. The van der Waals surface area contributed by atoms with Crippen molar-refractivity contribution in [1.82, 2.24) is 0 Å². The van der Waals surface area contributed by atoms with Crippen molar-refractivity contribution in [2.24, 2.45) is 0 Å². The van der Waals surface area contributed by atoms with E-state index in [0.29, 0.717) is 29.4 Å². The number of phenols is 1. The number of ether oxygens (including phenoxy) is 3. The highest BCUT2D eigenvalue weighted by Crippen LogP contribution is 2.46. The number of aryl methyl sites for hydroxylation is 2. The highest BCUT2D eigenvalue weighted by Gasteiger charge is 2.20. The van der Waals surface area contributed by atoms with Gasteiger partial charge in [0.05, 0.1) is 20.8 Å². The van der Waals surface area contributed by atoms with Gasteiger partial charge in [0.15, 0.2) is 23.0 Å². The summed E-state index contributed by atoms with van der Waals surface area (Å²) < 4.78 is 16.9. The molecule has 0 aromatic heterocycles. The Balaban J connectivity index is 2.75. The Hall–Kier alpha value is -2.36. The third-order valence-corrected chi connectivity index (χ3v) is 4.35. The van der Waals surface area contributed by atoms with Crippen LogP contribution in [0.25, 0.3) is 11.1 Å². The zero-order valence-electron chi connectivity index (χ0n) is 16.5. The Morgan fingerprint density at radius 1 is 0.769 bits per heavy atom. The summed E-state index contributed by atoms with van der Waals surface area (Å²) in [5.41, 5.74) is 3.83. The maximum absolute atomic E-state index is 10.8. The Labute approximate surface area is 156 Å². The minimum Gasteiger partial charge on any atom is -0.504 e. The van der Waals surface area contributed by atoms with Gasteiger partial charge in [-0.2, -0.15) is 0 Å². The smallest absolute Gasteiger partial charge is 0.169 e. The first-order valence-corrected chi connectivity index (χ1v) is 9.33. The number of hydrogen-bond acceptors (Lipinski definition) is 4. The lowest BCUT2D eigenvalue weighted by Crippen LogP contribution is -2.01. The van der Waals surface area contributed by atoms with Gasteiger partial charge in [-0.15, -0.1) is 0 Å². The maximum atomic E-state index is 10.8. The van der Waals surface area contributed by atoms with Crippen molar-refractivity contribution in [3.05, 3.63) is 35.4 Å². The van der Waals surface area contributed by atoms with Crippen LogP contribution in [0, 0.1) is 0 Å². The van der Waals surface area contributed by atoms with Crippen LogP contribution in [0.4, 0.5) is 0 Å². The van der Waals surface area contributed by atoms with Crippen LogP contribution in [0.1, 0.15) is 44.7 Å². The lowest BCUT2D eigenvalue weighted by molar-refractivity contribution is 0.311. The molecule has 0 fully saturated rings. The van der Waals surface area contributed by atoms with E-state index in [4.69, 9.17) is 14.2 Å². The highest BCUT2D eigenvalue weighted by atomic mass is 16.5. The number of benzene rings is 2. The molecule has 142 valence electrons. The Morgan fingerprint density at radius 2 is 1.31 bits per heavy atom. The zero-order valence-corrected chi connectivity index (χ0v) is 16.5. The molecule has 0 heterocycles. The molecular weight excluding hydrogens is 328 g/mol. The van der Waals surface area contributed by atoms with Crippen molar-refractivity contribution in [2.75, 3.05) is 20.8 Å². The van der Waals surface area contributed by atoms with Gasteiger partial charge in [-0.05, 0) is 55.2 Å². The number of phenolic OH excluding ortho intramolecular Hbond substituents is 1. The third kappa shape index (κ3) is 4.24. The quantitative estimate of drug-likeness (QED) is 0.654. The third-order valence-electron chi connectivity index (χ3n) is 4.35. The molecule has 0 amide bonds. The van der Waals surface area contributed by atoms with Crippen molar-refractivity contribution in [3.63, 3.8) is 0 Å². The summed E-state index contributed by atoms with van der Waals surface area (Å²) in [4.78, 5) is 0. The fraction of sp³-hybridized carbons (Fsp3) is 0.455. The summed E-state index contributed by atoms with van der Waals surface area (Å²) in [5.74, 6) is 1.95. The Bertz CT molecular complexity index is 737. The summed E-state index contributed by atoms with van der Waals surface area (Å²) in [6.45, 7) is 6.74. The van der Waals surface area contributed by atoms with E-state index in [0.717, 1.165) is 42.4 Å². The van der Waals surface area contributed by atoms with E-state index in [1.807, 2.05) is 25.1 Å². The molecule has 0 atom stereocenters. The maximum Gasteiger partial charge on any atom is 0.169 e. The van der Waals surface area contributed by atoms with Gasteiger partial charge in [-0.3, -0.25) is 0 Å². The van der Waals surface area contributed by atoms with Gasteiger partial charge < -0.3 is 19.3 Å². The van der Waals surface area contributed by atoms with Crippen molar-refractivity contribution in [2.45, 2.75) is 46.5 Å². The van der Waals surface area contributed by atoms with Crippen molar-refractivity contribution >= 4 is 0 Å².